The second-order valence-corrected chi connectivity index (χ2v) is 0.469. The summed E-state index contributed by atoms with van der Waals surface area (Å²) in [5, 5.41) is 7.42. The summed E-state index contributed by atoms with van der Waals surface area (Å²) in [7, 11) is 1.50. The molecule has 0 bridgehead atoms. The molecule has 0 rings (SSSR count). The van der Waals surface area contributed by atoms with E-state index in [1.807, 2.05) is 0 Å². The Kier molecular flexibility index (Phi) is 3.04. The minimum Gasteiger partial charge on any atom is -0.328 e. The van der Waals surface area contributed by atoms with Gasteiger partial charge in [-0.3, -0.25) is 4.99 Å². The fourth-order valence-electron chi connectivity index (χ4n) is 0.0471. The molecule has 5 heavy (non-hydrogen) atoms. The van der Waals surface area contributed by atoms with Gasteiger partial charge in [0.1, 0.15) is 0 Å². The van der Waals surface area contributed by atoms with Crippen LogP contribution in [-0.2, 0) is 4.89 Å². The summed E-state index contributed by atoms with van der Waals surface area (Å²) in [6.07, 6.45) is 0.931. The van der Waals surface area contributed by atoms with Crippen LogP contribution in [0.25, 0.3) is 0 Å². The summed E-state index contributed by atoms with van der Waals surface area (Å²) < 4.78 is 0. The quantitative estimate of drug-likeness (QED) is 0.208. The van der Waals surface area contributed by atoms with E-state index < -0.39 is 0 Å². The first-order chi connectivity index (χ1) is 2.41. The summed E-state index contributed by atoms with van der Waals surface area (Å²) in [4.78, 5) is 6.66. The topological polar surface area (TPSA) is 41.8 Å². The van der Waals surface area contributed by atoms with E-state index in [1.165, 1.54) is 7.05 Å². The molecular formula is C2H5NO2. The smallest absolute Gasteiger partial charge is 0.214 e. The molecule has 0 unspecified atom stereocenters. The van der Waals surface area contributed by atoms with Gasteiger partial charge in [0, 0.05) is 7.05 Å². The second-order valence-electron chi connectivity index (χ2n) is 0.469. The molecule has 0 saturated carbocycles. The number of aliphatic imine (C=N–C) groups is 1. The van der Waals surface area contributed by atoms with Gasteiger partial charge in [0.2, 0.25) is 6.40 Å². The van der Waals surface area contributed by atoms with Crippen LogP contribution in [0.15, 0.2) is 4.99 Å². The SMILES string of the molecule is CN=COO. The zero-order chi connectivity index (χ0) is 4.12. The maximum absolute atomic E-state index is 7.42. The highest BCUT2D eigenvalue weighted by Crippen LogP contribution is 1.47. The lowest BCUT2D eigenvalue weighted by atomic mass is 11.4. The molecule has 0 radical (unpaired) electrons. The lowest BCUT2D eigenvalue weighted by molar-refractivity contribution is -0.147. The van der Waals surface area contributed by atoms with E-state index in [9.17, 15) is 0 Å². The van der Waals surface area contributed by atoms with Gasteiger partial charge >= 0.3 is 0 Å². The van der Waals surface area contributed by atoms with Crippen LogP contribution in [0.1, 0.15) is 0 Å². The monoisotopic (exact) mass is 75.0 g/mol. The van der Waals surface area contributed by atoms with Crippen molar-refractivity contribution in [2.24, 2.45) is 4.99 Å². The molecule has 0 aliphatic heterocycles. The van der Waals surface area contributed by atoms with Gasteiger partial charge in [-0.1, -0.05) is 0 Å². The molecule has 0 fully saturated rings. The maximum Gasteiger partial charge on any atom is 0.214 e. The fourth-order valence-corrected chi connectivity index (χ4v) is 0.0471. The molecule has 3 nitrogen and oxygen atoms in total. The summed E-state index contributed by atoms with van der Waals surface area (Å²) in [5.41, 5.74) is 0. The van der Waals surface area contributed by atoms with Crippen LogP contribution in [0.4, 0.5) is 0 Å². The number of hydrogen-bond acceptors (Lipinski definition) is 3. The molecule has 0 spiro atoms. The van der Waals surface area contributed by atoms with Gasteiger partial charge in [-0.15, -0.1) is 0 Å². The van der Waals surface area contributed by atoms with Gasteiger partial charge < -0.3 is 4.89 Å². The average Bonchev–Trinajstić information content (AvgIpc) is 1.41. The van der Waals surface area contributed by atoms with Crippen LogP contribution in [0.2, 0.25) is 0 Å². The summed E-state index contributed by atoms with van der Waals surface area (Å²) >= 11 is 0. The van der Waals surface area contributed by atoms with Crippen molar-refractivity contribution in [3.8, 4) is 0 Å². The summed E-state index contributed by atoms with van der Waals surface area (Å²) in [6, 6.07) is 0. The third-order valence-corrected chi connectivity index (χ3v) is 0.153. The molecule has 1 N–H and O–H groups in total. The van der Waals surface area contributed by atoms with E-state index >= 15 is 0 Å². The molecule has 0 aromatic carbocycles. The molecule has 0 amide bonds. The standard InChI is InChI=1S/C2H5NO2/c1-3-2-5-4/h2,4H,1H3. The van der Waals surface area contributed by atoms with Crippen LogP contribution >= 0.6 is 0 Å². The van der Waals surface area contributed by atoms with E-state index in [-0.39, 0.29) is 0 Å². The Bertz CT molecular complexity index is 34.6. The molecular weight excluding hydrogens is 70.0 g/mol. The predicted octanol–water partition coefficient (Wildman–Crippen LogP) is 0.134. The van der Waals surface area contributed by atoms with E-state index in [1.54, 1.807) is 0 Å². The van der Waals surface area contributed by atoms with Gasteiger partial charge in [-0.2, -0.15) is 0 Å². The average molecular weight is 75.1 g/mol. The number of hydrogen-bond donors (Lipinski definition) is 1. The van der Waals surface area contributed by atoms with Crippen LogP contribution in [0.5, 0.6) is 0 Å². The number of nitrogens with zero attached hydrogens (tertiary/aromatic N) is 1. The third-order valence-electron chi connectivity index (χ3n) is 0.153. The normalized spacial score (nSPS) is 9.20. The molecule has 0 heterocycles. The molecule has 3 heteroatoms. The molecule has 30 valence electrons. The van der Waals surface area contributed by atoms with Crippen molar-refractivity contribution in [3.63, 3.8) is 0 Å². The molecule has 0 aliphatic carbocycles. The Morgan fingerprint density at radius 2 is 2.60 bits per heavy atom. The van der Waals surface area contributed by atoms with Crippen LogP contribution in [0, 0.1) is 0 Å². The van der Waals surface area contributed by atoms with Crippen molar-refractivity contribution in [1.29, 1.82) is 0 Å². The largest absolute Gasteiger partial charge is 0.328 e. The van der Waals surface area contributed by atoms with Crippen LogP contribution < -0.4 is 0 Å². The molecule has 0 aliphatic rings. The van der Waals surface area contributed by atoms with Crippen molar-refractivity contribution in [3.05, 3.63) is 0 Å². The minimum absolute atomic E-state index is 0.931. The summed E-state index contributed by atoms with van der Waals surface area (Å²) in [5.74, 6) is 0. The maximum atomic E-state index is 7.42. The van der Waals surface area contributed by atoms with Gasteiger partial charge in [-0.25, -0.2) is 5.26 Å². The molecule has 0 saturated heterocycles. The predicted molar refractivity (Wildman–Crippen MR) is 18.1 cm³/mol. The summed E-state index contributed by atoms with van der Waals surface area (Å²) in [6.45, 7) is 0. The van der Waals surface area contributed by atoms with Crippen LogP contribution in [0.3, 0.4) is 0 Å². The highest BCUT2D eigenvalue weighted by molar-refractivity contribution is 5.44. The third kappa shape index (κ3) is 3.43. The lowest BCUT2D eigenvalue weighted by Crippen LogP contribution is -1.72. The lowest BCUT2D eigenvalue weighted by Gasteiger charge is -1.72. The van der Waals surface area contributed by atoms with Gasteiger partial charge in [0.15, 0.2) is 0 Å². The molecule has 0 atom stereocenters. The Morgan fingerprint density at radius 1 is 2.00 bits per heavy atom. The van der Waals surface area contributed by atoms with Crippen molar-refractivity contribution in [1.82, 2.24) is 0 Å². The van der Waals surface area contributed by atoms with Crippen LogP contribution in [-0.4, -0.2) is 18.7 Å². The van der Waals surface area contributed by atoms with Crippen molar-refractivity contribution >= 4 is 6.40 Å². The zero-order valence-electron chi connectivity index (χ0n) is 2.88. The van der Waals surface area contributed by atoms with Gasteiger partial charge in [-0.05, 0) is 0 Å². The fraction of sp³-hybridized carbons (Fsp3) is 0.500. The molecule has 0 aromatic rings. The Labute approximate surface area is 29.8 Å². The first-order valence-electron chi connectivity index (χ1n) is 1.12. The number of rotatable bonds is 1. The van der Waals surface area contributed by atoms with Crippen molar-refractivity contribution in [2.75, 3.05) is 7.05 Å². The Morgan fingerprint density at radius 3 is 2.60 bits per heavy atom. The van der Waals surface area contributed by atoms with Gasteiger partial charge in [0.25, 0.3) is 0 Å². The zero-order valence-corrected chi connectivity index (χ0v) is 2.88. The Hall–Kier alpha value is -0.570. The van der Waals surface area contributed by atoms with Gasteiger partial charge in [0.05, 0.1) is 0 Å². The first kappa shape index (κ1) is 4.43. The van der Waals surface area contributed by atoms with E-state index in [0.29, 0.717) is 0 Å². The second kappa shape index (κ2) is 3.43. The van der Waals surface area contributed by atoms with E-state index in [0.717, 1.165) is 6.40 Å². The van der Waals surface area contributed by atoms with Crippen molar-refractivity contribution < 1.29 is 10.1 Å². The highest BCUT2D eigenvalue weighted by atomic mass is 17.1. The highest BCUT2D eigenvalue weighted by Gasteiger charge is 1.50. The Balaban J connectivity index is 2.62. The van der Waals surface area contributed by atoms with E-state index in [4.69, 9.17) is 5.26 Å². The minimum atomic E-state index is 0.931. The molecule has 0 aromatic heterocycles. The van der Waals surface area contributed by atoms with Crippen molar-refractivity contribution in [2.45, 2.75) is 0 Å². The van der Waals surface area contributed by atoms with E-state index in [2.05, 4.69) is 9.88 Å². The first-order valence-corrected chi connectivity index (χ1v) is 1.12.